The molecular weight excluding hydrogens is 228 g/mol. The monoisotopic (exact) mass is 254 g/mol. The molecule has 1 heterocycles. The summed E-state index contributed by atoms with van der Waals surface area (Å²) in [5.74, 6) is 0.289. The molecule has 4 heteroatoms. The molecule has 0 amide bonds. The Labute approximate surface area is 110 Å². The minimum absolute atomic E-state index is 0.592. The van der Waals surface area contributed by atoms with Gasteiger partial charge in [-0.2, -0.15) is 0 Å². The number of piperazine rings is 1. The summed E-state index contributed by atoms with van der Waals surface area (Å²) in [4.78, 5) is 16.0. The molecule has 0 aromatic carbocycles. The largest absolute Gasteiger partial charge is 0.481 e. The number of rotatable bonds is 6. The third kappa shape index (κ3) is 3.95. The van der Waals surface area contributed by atoms with Gasteiger partial charge in [0.25, 0.3) is 0 Å². The van der Waals surface area contributed by atoms with Crippen molar-refractivity contribution >= 4 is 5.97 Å². The van der Waals surface area contributed by atoms with Crippen LogP contribution in [0, 0.1) is 11.3 Å². The van der Waals surface area contributed by atoms with Crippen LogP contribution in [-0.4, -0.2) is 60.1 Å². The highest BCUT2D eigenvalue weighted by molar-refractivity contribution is 5.73. The highest BCUT2D eigenvalue weighted by Gasteiger charge is 2.29. The van der Waals surface area contributed by atoms with Crippen LogP contribution in [0.4, 0.5) is 0 Å². The van der Waals surface area contributed by atoms with E-state index in [1.165, 1.54) is 19.4 Å². The lowest BCUT2D eigenvalue weighted by atomic mass is 9.89. The maximum absolute atomic E-state index is 11.0. The van der Waals surface area contributed by atoms with Gasteiger partial charge >= 0.3 is 5.97 Å². The van der Waals surface area contributed by atoms with Crippen molar-refractivity contribution in [1.29, 1.82) is 0 Å². The Kier molecular flexibility index (Phi) is 4.28. The molecule has 1 aliphatic heterocycles. The summed E-state index contributed by atoms with van der Waals surface area (Å²) in [6, 6.07) is 0. The summed E-state index contributed by atoms with van der Waals surface area (Å²) in [6.07, 6.45) is 3.59. The fourth-order valence-corrected chi connectivity index (χ4v) is 2.41. The minimum Gasteiger partial charge on any atom is -0.481 e. The minimum atomic E-state index is -0.685. The average molecular weight is 254 g/mol. The molecular formula is C14H26N2O2. The van der Waals surface area contributed by atoms with Crippen LogP contribution in [-0.2, 0) is 4.79 Å². The van der Waals surface area contributed by atoms with E-state index >= 15 is 0 Å². The van der Waals surface area contributed by atoms with Crippen LogP contribution in [0.3, 0.4) is 0 Å². The number of carboxylic acids is 1. The molecule has 0 spiro atoms. The van der Waals surface area contributed by atoms with Crippen LogP contribution >= 0.6 is 0 Å². The van der Waals surface area contributed by atoms with Crippen molar-refractivity contribution < 1.29 is 9.90 Å². The van der Waals surface area contributed by atoms with Crippen molar-refractivity contribution in [3.8, 4) is 0 Å². The van der Waals surface area contributed by atoms with E-state index < -0.39 is 11.4 Å². The third-order valence-corrected chi connectivity index (χ3v) is 4.31. The predicted molar refractivity (Wildman–Crippen MR) is 71.6 cm³/mol. The van der Waals surface area contributed by atoms with Crippen molar-refractivity contribution in [2.24, 2.45) is 11.3 Å². The van der Waals surface area contributed by atoms with Gasteiger partial charge in [0.05, 0.1) is 5.41 Å². The van der Waals surface area contributed by atoms with Crippen molar-refractivity contribution in [3.63, 3.8) is 0 Å². The van der Waals surface area contributed by atoms with E-state index in [1.807, 2.05) is 13.8 Å². The van der Waals surface area contributed by atoms with Gasteiger partial charge in [0.1, 0.15) is 0 Å². The van der Waals surface area contributed by atoms with Crippen LogP contribution in [0.5, 0.6) is 0 Å². The summed E-state index contributed by atoms with van der Waals surface area (Å²) >= 11 is 0. The van der Waals surface area contributed by atoms with Gasteiger partial charge in [-0.3, -0.25) is 4.79 Å². The molecule has 1 saturated heterocycles. The third-order valence-electron chi connectivity index (χ3n) is 4.31. The van der Waals surface area contributed by atoms with E-state index in [-0.39, 0.29) is 0 Å². The summed E-state index contributed by atoms with van der Waals surface area (Å²) in [5.41, 5.74) is -0.592. The molecule has 0 aromatic rings. The first-order valence-corrected chi connectivity index (χ1v) is 7.15. The van der Waals surface area contributed by atoms with Gasteiger partial charge in [-0.1, -0.05) is 0 Å². The summed E-state index contributed by atoms with van der Waals surface area (Å²) in [7, 11) is 0. The zero-order valence-electron chi connectivity index (χ0n) is 11.7. The summed E-state index contributed by atoms with van der Waals surface area (Å²) in [5, 5.41) is 9.09. The molecule has 0 aromatic heterocycles. The van der Waals surface area contributed by atoms with Gasteiger partial charge in [0.2, 0.25) is 0 Å². The smallest absolute Gasteiger partial charge is 0.309 e. The van der Waals surface area contributed by atoms with E-state index in [0.29, 0.717) is 0 Å². The standard InChI is InChI=1S/C14H26N2O2/c1-14(2,13(17)18)5-6-15-7-9-16(10-8-15)11-12-3-4-12/h12H,3-11H2,1-2H3,(H,17,18). The Hall–Kier alpha value is -0.610. The second kappa shape index (κ2) is 5.57. The first-order valence-electron chi connectivity index (χ1n) is 7.15. The van der Waals surface area contributed by atoms with Gasteiger partial charge in [-0.15, -0.1) is 0 Å². The molecule has 104 valence electrons. The van der Waals surface area contributed by atoms with Gasteiger partial charge in [0.15, 0.2) is 0 Å². The van der Waals surface area contributed by atoms with Gasteiger partial charge < -0.3 is 14.9 Å². The lowest BCUT2D eigenvalue weighted by molar-refractivity contribution is -0.147. The Bertz CT molecular complexity index is 292. The number of nitrogens with zero attached hydrogens (tertiary/aromatic N) is 2. The summed E-state index contributed by atoms with van der Waals surface area (Å²) < 4.78 is 0. The van der Waals surface area contributed by atoms with Crippen LogP contribution in [0.25, 0.3) is 0 Å². The van der Waals surface area contributed by atoms with Crippen LogP contribution in [0.1, 0.15) is 33.1 Å². The molecule has 18 heavy (non-hydrogen) atoms. The maximum Gasteiger partial charge on any atom is 0.309 e. The summed E-state index contributed by atoms with van der Waals surface area (Å²) in [6.45, 7) is 10.3. The normalized spacial score (nSPS) is 23.2. The van der Waals surface area contributed by atoms with E-state index in [2.05, 4.69) is 9.80 Å². The lowest BCUT2D eigenvalue weighted by Crippen LogP contribution is -2.47. The molecule has 1 N–H and O–H groups in total. The number of aliphatic carboxylic acids is 1. The van der Waals surface area contributed by atoms with Gasteiger partial charge in [-0.25, -0.2) is 0 Å². The molecule has 2 rings (SSSR count). The Balaban J connectivity index is 1.65. The number of hydrogen-bond donors (Lipinski definition) is 1. The highest BCUT2D eigenvalue weighted by Crippen LogP contribution is 2.30. The zero-order chi connectivity index (χ0) is 13.2. The quantitative estimate of drug-likeness (QED) is 0.780. The SMILES string of the molecule is CC(C)(CCN1CCN(CC2CC2)CC1)C(=O)O. The molecule has 1 aliphatic carbocycles. The van der Waals surface area contributed by atoms with Crippen LogP contribution in [0.2, 0.25) is 0 Å². The first-order chi connectivity index (χ1) is 8.47. The maximum atomic E-state index is 11.0. The lowest BCUT2D eigenvalue weighted by Gasteiger charge is -2.35. The van der Waals surface area contributed by atoms with Crippen molar-refractivity contribution in [2.75, 3.05) is 39.3 Å². The van der Waals surface area contributed by atoms with Crippen LogP contribution < -0.4 is 0 Å². The zero-order valence-corrected chi connectivity index (χ0v) is 11.7. The number of carbonyl (C=O) groups is 1. The molecule has 0 unspecified atom stereocenters. The highest BCUT2D eigenvalue weighted by atomic mass is 16.4. The van der Waals surface area contributed by atoms with Crippen molar-refractivity contribution in [1.82, 2.24) is 9.80 Å². The van der Waals surface area contributed by atoms with Gasteiger partial charge in [-0.05, 0) is 45.6 Å². The molecule has 0 bridgehead atoms. The molecule has 4 nitrogen and oxygen atoms in total. The van der Waals surface area contributed by atoms with E-state index in [9.17, 15) is 4.79 Å². The Morgan fingerprint density at radius 3 is 2.22 bits per heavy atom. The molecule has 2 aliphatic rings. The van der Waals surface area contributed by atoms with E-state index in [1.54, 1.807) is 0 Å². The topological polar surface area (TPSA) is 43.8 Å². The van der Waals surface area contributed by atoms with Crippen molar-refractivity contribution in [3.05, 3.63) is 0 Å². The second-order valence-corrected chi connectivity index (χ2v) is 6.52. The first kappa shape index (κ1) is 13.8. The van der Waals surface area contributed by atoms with E-state index in [4.69, 9.17) is 5.11 Å². The number of carboxylic acid groups (broad SMARTS) is 1. The second-order valence-electron chi connectivity index (χ2n) is 6.52. The molecule has 1 saturated carbocycles. The molecule has 2 fully saturated rings. The number of hydrogen-bond acceptors (Lipinski definition) is 3. The molecule has 0 radical (unpaired) electrons. The fourth-order valence-electron chi connectivity index (χ4n) is 2.41. The van der Waals surface area contributed by atoms with Crippen LogP contribution in [0.15, 0.2) is 0 Å². The Morgan fingerprint density at radius 2 is 1.72 bits per heavy atom. The van der Waals surface area contributed by atoms with Crippen molar-refractivity contribution in [2.45, 2.75) is 33.1 Å². The average Bonchev–Trinajstić information content (AvgIpc) is 3.12. The fraction of sp³-hybridized carbons (Fsp3) is 0.929. The molecule has 0 atom stereocenters. The predicted octanol–water partition coefficient (Wildman–Crippen LogP) is 1.51. The Morgan fingerprint density at radius 1 is 1.17 bits per heavy atom. The van der Waals surface area contributed by atoms with Gasteiger partial charge in [0, 0.05) is 32.7 Å². The van der Waals surface area contributed by atoms with E-state index in [0.717, 1.165) is 45.1 Å².